The minimum atomic E-state index is -0.138. The van der Waals surface area contributed by atoms with Crippen LogP contribution in [0.15, 0.2) is 18.2 Å². The average molecular weight is 246 g/mol. The number of likely N-dealkylation sites (N-methyl/N-ethyl adjacent to an activating group) is 1. The molecule has 0 fully saturated rings. The minimum absolute atomic E-state index is 0.0447. The Morgan fingerprint density at radius 1 is 1.44 bits per heavy atom. The third-order valence-electron chi connectivity index (χ3n) is 3.36. The van der Waals surface area contributed by atoms with Crippen LogP contribution < -0.4 is 10.6 Å². The molecule has 1 aromatic rings. The lowest BCUT2D eigenvalue weighted by molar-refractivity contribution is -0.116. The van der Waals surface area contributed by atoms with Gasteiger partial charge in [0.05, 0.1) is 6.04 Å². The fourth-order valence-corrected chi connectivity index (χ4v) is 2.26. The summed E-state index contributed by atoms with van der Waals surface area (Å²) in [5.74, 6) is 0.155. The molecule has 0 spiro atoms. The van der Waals surface area contributed by atoms with Crippen molar-refractivity contribution in [3.05, 3.63) is 29.3 Å². The number of benzene rings is 1. The molecule has 1 aliphatic rings. The summed E-state index contributed by atoms with van der Waals surface area (Å²) in [6.07, 6.45) is 1.97. The number of hydrogen-bond acceptors (Lipinski definition) is 3. The lowest BCUT2D eigenvalue weighted by atomic mass is 9.96. The second kappa shape index (κ2) is 5.31. The van der Waals surface area contributed by atoms with Crippen LogP contribution in [0.25, 0.3) is 0 Å². The molecule has 18 heavy (non-hydrogen) atoms. The van der Waals surface area contributed by atoms with E-state index in [4.69, 9.17) is 0 Å². The smallest absolute Gasteiger partial charge is 0.224 e. The highest BCUT2D eigenvalue weighted by Crippen LogP contribution is 2.24. The van der Waals surface area contributed by atoms with Gasteiger partial charge in [-0.05, 0) is 43.7 Å². The van der Waals surface area contributed by atoms with Gasteiger partial charge in [0.2, 0.25) is 5.91 Å². The summed E-state index contributed by atoms with van der Waals surface area (Å²) in [6.45, 7) is 1.98. The molecule has 0 radical (unpaired) electrons. The maximum Gasteiger partial charge on any atom is 0.224 e. The Labute approximate surface area is 107 Å². The molecule has 0 aromatic heterocycles. The normalized spacial score (nSPS) is 15.8. The van der Waals surface area contributed by atoms with E-state index in [1.807, 2.05) is 19.1 Å². The van der Waals surface area contributed by atoms with Crippen molar-refractivity contribution < 1.29 is 9.59 Å². The van der Waals surface area contributed by atoms with E-state index in [9.17, 15) is 9.59 Å². The monoisotopic (exact) mass is 246 g/mol. The molecule has 1 amide bonds. The molecular weight excluding hydrogens is 228 g/mol. The number of aryl methyl sites for hydroxylation is 1. The maximum absolute atomic E-state index is 12.2. The molecule has 0 saturated heterocycles. The van der Waals surface area contributed by atoms with E-state index in [1.54, 1.807) is 13.1 Å². The first kappa shape index (κ1) is 12.8. The number of hydrogen-bond donors (Lipinski definition) is 2. The fraction of sp³-hybridized carbons (Fsp3) is 0.429. The van der Waals surface area contributed by atoms with Gasteiger partial charge in [0.1, 0.15) is 0 Å². The van der Waals surface area contributed by atoms with Crippen LogP contribution in [-0.4, -0.2) is 24.8 Å². The SMILES string of the molecule is CCC(NC)C(=O)c1ccc2c(c1)CCC(=O)N2. The summed E-state index contributed by atoms with van der Waals surface area (Å²) in [4.78, 5) is 23.5. The first-order valence-electron chi connectivity index (χ1n) is 6.30. The zero-order valence-electron chi connectivity index (χ0n) is 10.7. The minimum Gasteiger partial charge on any atom is -0.326 e. The summed E-state index contributed by atoms with van der Waals surface area (Å²) < 4.78 is 0. The van der Waals surface area contributed by atoms with Crippen LogP contribution in [0.2, 0.25) is 0 Å². The van der Waals surface area contributed by atoms with Crippen molar-refractivity contribution in [2.24, 2.45) is 0 Å². The molecule has 0 bridgehead atoms. The molecule has 1 aromatic carbocycles. The van der Waals surface area contributed by atoms with Gasteiger partial charge in [-0.3, -0.25) is 9.59 Å². The second-order valence-corrected chi connectivity index (χ2v) is 4.53. The van der Waals surface area contributed by atoms with Gasteiger partial charge in [0.25, 0.3) is 0 Å². The Bertz CT molecular complexity index is 479. The highest BCUT2D eigenvalue weighted by atomic mass is 16.1. The van der Waals surface area contributed by atoms with Crippen molar-refractivity contribution >= 4 is 17.4 Å². The van der Waals surface area contributed by atoms with Crippen molar-refractivity contribution in [3.8, 4) is 0 Å². The van der Waals surface area contributed by atoms with Crippen LogP contribution in [0, 0.1) is 0 Å². The number of amides is 1. The van der Waals surface area contributed by atoms with E-state index >= 15 is 0 Å². The van der Waals surface area contributed by atoms with E-state index in [0.717, 1.165) is 17.7 Å². The summed E-state index contributed by atoms with van der Waals surface area (Å²) in [5.41, 5.74) is 2.60. The summed E-state index contributed by atoms with van der Waals surface area (Å²) >= 11 is 0. The highest BCUT2D eigenvalue weighted by Gasteiger charge is 2.20. The highest BCUT2D eigenvalue weighted by molar-refractivity contribution is 6.01. The van der Waals surface area contributed by atoms with Gasteiger partial charge in [-0.25, -0.2) is 0 Å². The van der Waals surface area contributed by atoms with Gasteiger partial charge in [0, 0.05) is 17.7 Å². The molecule has 1 unspecified atom stereocenters. The van der Waals surface area contributed by atoms with Crippen molar-refractivity contribution in [1.29, 1.82) is 0 Å². The standard InChI is InChI=1S/C14H18N2O2/c1-3-11(15-2)14(18)10-4-6-12-9(8-10)5-7-13(17)16-12/h4,6,8,11,15H,3,5,7H2,1-2H3,(H,16,17). The van der Waals surface area contributed by atoms with Gasteiger partial charge >= 0.3 is 0 Å². The summed E-state index contributed by atoms with van der Waals surface area (Å²) in [5, 5.41) is 5.84. The van der Waals surface area contributed by atoms with E-state index < -0.39 is 0 Å². The van der Waals surface area contributed by atoms with Gasteiger partial charge in [-0.1, -0.05) is 6.92 Å². The zero-order valence-corrected chi connectivity index (χ0v) is 10.7. The number of rotatable bonds is 4. The maximum atomic E-state index is 12.2. The Balaban J connectivity index is 2.26. The Morgan fingerprint density at radius 2 is 2.22 bits per heavy atom. The predicted molar refractivity (Wildman–Crippen MR) is 70.9 cm³/mol. The molecule has 4 heteroatoms. The quantitative estimate of drug-likeness (QED) is 0.796. The van der Waals surface area contributed by atoms with Gasteiger partial charge < -0.3 is 10.6 Å². The molecule has 2 N–H and O–H groups in total. The van der Waals surface area contributed by atoms with Crippen LogP contribution in [0.1, 0.15) is 35.7 Å². The van der Waals surface area contributed by atoms with Crippen LogP contribution in [0.3, 0.4) is 0 Å². The summed E-state index contributed by atoms with van der Waals surface area (Å²) in [7, 11) is 1.80. The third kappa shape index (κ3) is 2.43. The van der Waals surface area contributed by atoms with Crippen LogP contribution in [-0.2, 0) is 11.2 Å². The Kier molecular flexibility index (Phi) is 3.77. The Morgan fingerprint density at radius 3 is 2.89 bits per heavy atom. The molecule has 1 atom stereocenters. The lowest BCUT2D eigenvalue weighted by Crippen LogP contribution is -2.33. The number of carbonyl (C=O) groups excluding carboxylic acids is 2. The second-order valence-electron chi connectivity index (χ2n) is 4.53. The number of fused-ring (bicyclic) bond motifs is 1. The number of carbonyl (C=O) groups is 2. The van der Waals surface area contributed by atoms with E-state index in [0.29, 0.717) is 18.4 Å². The van der Waals surface area contributed by atoms with Crippen LogP contribution in [0.5, 0.6) is 0 Å². The van der Waals surface area contributed by atoms with Gasteiger partial charge in [-0.2, -0.15) is 0 Å². The molecule has 1 aliphatic heterocycles. The first-order valence-corrected chi connectivity index (χ1v) is 6.30. The van der Waals surface area contributed by atoms with Crippen molar-refractivity contribution in [2.75, 3.05) is 12.4 Å². The number of ketones is 1. The average Bonchev–Trinajstić information content (AvgIpc) is 2.39. The van der Waals surface area contributed by atoms with Gasteiger partial charge in [0.15, 0.2) is 5.78 Å². The molecule has 0 saturated carbocycles. The van der Waals surface area contributed by atoms with Gasteiger partial charge in [-0.15, -0.1) is 0 Å². The largest absolute Gasteiger partial charge is 0.326 e. The Hall–Kier alpha value is -1.68. The topological polar surface area (TPSA) is 58.2 Å². The lowest BCUT2D eigenvalue weighted by Gasteiger charge is -2.18. The van der Waals surface area contributed by atoms with Crippen molar-refractivity contribution in [3.63, 3.8) is 0 Å². The molecule has 2 rings (SSSR count). The third-order valence-corrected chi connectivity index (χ3v) is 3.36. The predicted octanol–water partition coefficient (Wildman–Crippen LogP) is 1.75. The van der Waals surface area contributed by atoms with Crippen LogP contribution >= 0.6 is 0 Å². The number of nitrogens with one attached hydrogen (secondary N) is 2. The summed E-state index contributed by atoms with van der Waals surface area (Å²) in [6, 6.07) is 5.37. The number of Topliss-reactive ketones (excluding diaryl/α,β-unsaturated/α-hetero) is 1. The zero-order chi connectivity index (χ0) is 13.1. The molecule has 96 valence electrons. The molecule has 4 nitrogen and oxygen atoms in total. The van der Waals surface area contributed by atoms with Crippen molar-refractivity contribution in [2.45, 2.75) is 32.2 Å². The molecule has 0 aliphatic carbocycles. The fourth-order valence-electron chi connectivity index (χ4n) is 2.26. The van der Waals surface area contributed by atoms with Crippen molar-refractivity contribution in [1.82, 2.24) is 5.32 Å². The first-order chi connectivity index (χ1) is 8.65. The molecule has 1 heterocycles. The molecular formula is C14H18N2O2. The van der Waals surface area contributed by atoms with E-state index in [1.165, 1.54) is 0 Å². The van der Waals surface area contributed by atoms with E-state index in [2.05, 4.69) is 10.6 Å². The van der Waals surface area contributed by atoms with Crippen LogP contribution in [0.4, 0.5) is 5.69 Å². The number of anilines is 1. The van der Waals surface area contributed by atoms with E-state index in [-0.39, 0.29) is 17.7 Å².